The van der Waals surface area contributed by atoms with Gasteiger partial charge < -0.3 is 0 Å². The first-order valence-electron chi connectivity index (χ1n) is 3.95. The number of hydrogen-bond acceptors (Lipinski definition) is 1. The molecule has 0 radical (unpaired) electrons. The Bertz CT molecular complexity index is 215. The molecule has 1 nitrogen and oxygen atoms in total. The number of hydrogen-bond donors (Lipinski definition) is 0. The van der Waals surface area contributed by atoms with Gasteiger partial charge in [0.2, 0.25) is 0 Å². The maximum Gasteiger partial charge on any atom is 0.162 e. The SMILES string of the molecule is C=CC[C@]1(C)C(=O)C=C[C@H]1C. The lowest BCUT2D eigenvalue weighted by Gasteiger charge is -2.25. The Balaban J connectivity index is 2.84. The fourth-order valence-electron chi connectivity index (χ4n) is 1.45. The third-order valence-electron chi connectivity index (χ3n) is 2.67. The smallest absolute Gasteiger partial charge is 0.162 e. The normalized spacial score (nSPS) is 36.2. The Kier molecular flexibility index (Phi) is 1.99. The Morgan fingerprint density at radius 2 is 2.45 bits per heavy atom. The van der Waals surface area contributed by atoms with Crippen LogP contribution in [0.1, 0.15) is 20.3 Å². The van der Waals surface area contributed by atoms with Crippen LogP contribution >= 0.6 is 0 Å². The van der Waals surface area contributed by atoms with Crippen molar-refractivity contribution in [1.29, 1.82) is 0 Å². The van der Waals surface area contributed by atoms with Gasteiger partial charge in [0.15, 0.2) is 5.78 Å². The van der Waals surface area contributed by atoms with Crippen molar-refractivity contribution in [3.8, 4) is 0 Å². The summed E-state index contributed by atoms with van der Waals surface area (Å²) < 4.78 is 0. The minimum absolute atomic E-state index is 0.207. The van der Waals surface area contributed by atoms with E-state index in [1.54, 1.807) is 6.08 Å². The zero-order valence-corrected chi connectivity index (χ0v) is 7.13. The number of rotatable bonds is 2. The largest absolute Gasteiger partial charge is 0.294 e. The van der Waals surface area contributed by atoms with Crippen LogP contribution in [0.15, 0.2) is 24.8 Å². The lowest BCUT2D eigenvalue weighted by Crippen LogP contribution is -2.27. The summed E-state index contributed by atoms with van der Waals surface area (Å²) in [6.07, 6.45) is 6.27. The molecular formula is C10H14O. The van der Waals surface area contributed by atoms with Crippen LogP contribution in [0.2, 0.25) is 0 Å². The molecule has 1 heteroatoms. The highest BCUT2D eigenvalue weighted by Crippen LogP contribution is 2.38. The molecule has 0 aromatic heterocycles. The monoisotopic (exact) mass is 150 g/mol. The molecule has 1 aliphatic rings. The third kappa shape index (κ3) is 1.15. The van der Waals surface area contributed by atoms with Gasteiger partial charge in [0.05, 0.1) is 0 Å². The molecule has 0 aliphatic heterocycles. The summed E-state index contributed by atoms with van der Waals surface area (Å²) >= 11 is 0. The number of ketones is 1. The Morgan fingerprint density at radius 1 is 1.82 bits per heavy atom. The predicted octanol–water partition coefficient (Wildman–Crippen LogP) is 2.34. The van der Waals surface area contributed by atoms with Crippen molar-refractivity contribution in [3.63, 3.8) is 0 Å². The maximum atomic E-state index is 11.4. The molecule has 0 unspecified atom stereocenters. The summed E-state index contributed by atoms with van der Waals surface area (Å²) in [5, 5.41) is 0. The highest BCUT2D eigenvalue weighted by molar-refractivity contribution is 5.97. The molecule has 0 fully saturated rings. The Labute approximate surface area is 67.8 Å². The average Bonchev–Trinajstić information content (AvgIpc) is 2.19. The highest BCUT2D eigenvalue weighted by atomic mass is 16.1. The highest BCUT2D eigenvalue weighted by Gasteiger charge is 2.38. The van der Waals surface area contributed by atoms with Crippen molar-refractivity contribution in [2.24, 2.45) is 11.3 Å². The summed E-state index contributed by atoms with van der Waals surface area (Å²) in [5.74, 6) is 0.595. The molecule has 0 amide bonds. The first-order chi connectivity index (χ1) is 5.11. The lowest BCUT2D eigenvalue weighted by molar-refractivity contribution is -0.123. The van der Waals surface area contributed by atoms with Gasteiger partial charge >= 0.3 is 0 Å². The van der Waals surface area contributed by atoms with Gasteiger partial charge in [0, 0.05) is 5.41 Å². The fourth-order valence-corrected chi connectivity index (χ4v) is 1.45. The number of allylic oxidation sites excluding steroid dienone is 3. The van der Waals surface area contributed by atoms with Crippen LogP contribution in [0.25, 0.3) is 0 Å². The minimum atomic E-state index is -0.207. The summed E-state index contributed by atoms with van der Waals surface area (Å²) in [6.45, 7) is 7.73. The van der Waals surface area contributed by atoms with Gasteiger partial charge in [0.25, 0.3) is 0 Å². The molecule has 2 atom stereocenters. The average molecular weight is 150 g/mol. The van der Waals surface area contributed by atoms with Crippen LogP contribution in [0.4, 0.5) is 0 Å². The Hall–Kier alpha value is -0.850. The molecular weight excluding hydrogens is 136 g/mol. The van der Waals surface area contributed by atoms with Crippen molar-refractivity contribution < 1.29 is 4.79 Å². The molecule has 0 N–H and O–H groups in total. The summed E-state index contributed by atoms with van der Waals surface area (Å²) in [5.41, 5.74) is -0.207. The molecule has 11 heavy (non-hydrogen) atoms. The first-order valence-corrected chi connectivity index (χ1v) is 3.95. The summed E-state index contributed by atoms with van der Waals surface area (Å²) in [6, 6.07) is 0. The zero-order chi connectivity index (χ0) is 8.48. The second kappa shape index (κ2) is 2.65. The number of carbonyl (C=O) groups is 1. The summed E-state index contributed by atoms with van der Waals surface area (Å²) in [7, 11) is 0. The van der Waals surface area contributed by atoms with Gasteiger partial charge in [0.1, 0.15) is 0 Å². The maximum absolute atomic E-state index is 11.4. The van der Waals surface area contributed by atoms with Crippen molar-refractivity contribution in [2.45, 2.75) is 20.3 Å². The van der Waals surface area contributed by atoms with E-state index in [0.29, 0.717) is 5.92 Å². The van der Waals surface area contributed by atoms with Crippen LogP contribution in [0, 0.1) is 11.3 Å². The van der Waals surface area contributed by atoms with Crippen LogP contribution < -0.4 is 0 Å². The van der Waals surface area contributed by atoms with Crippen molar-refractivity contribution in [3.05, 3.63) is 24.8 Å². The topological polar surface area (TPSA) is 17.1 Å². The molecule has 0 saturated carbocycles. The molecule has 0 aromatic carbocycles. The van der Waals surface area contributed by atoms with Gasteiger partial charge in [-0.3, -0.25) is 4.79 Å². The van der Waals surface area contributed by atoms with E-state index in [1.165, 1.54) is 0 Å². The third-order valence-corrected chi connectivity index (χ3v) is 2.67. The molecule has 0 aromatic rings. The van der Waals surface area contributed by atoms with E-state index in [-0.39, 0.29) is 11.2 Å². The van der Waals surface area contributed by atoms with E-state index >= 15 is 0 Å². The van der Waals surface area contributed by atoms with Crippen LogP contribution in [-0.2, 0) is 4.79 Å². The molecule has 0 saturated heterocycles. The van der Waals surface area contributed by atoms with Crippen molar-refractivity contribution in [1.82, 2.24) is 0 Å². The first kappa shape index (κ1) is 8.25. The van der Waals surface area contributed by atoms with E-state index in [1.807, 2.05) is 19.1 Å². The van der Waals surface area contributed by atoms with E-state index in [0.717, 1.165) is 6.42 Å². The van der Waals surface area contributed by atoms with E-state index in [9.17, 15) is 4.79 Å². The lowest BCUT2D eigenvalue weighted by atomic mass is 9.76. The Morgan fingerprint density at radius 3 is 2.82 bits per heavy atom. The quantitative estimate of drug-likeness (QED) is 0.552. The van der Waals surface area contributed by atoms with Gasteiger partial charge in [-0.25, -0.2) is 0 Å². The fraction of sp³-hybridized carbons (Fsp3) is 0.500. The molecule has 0 spiro atoms. The molecule has 0 bridgehead atoms. The standard InChI is InChI=1S/C10H14O/c1-4-7-10(3)8(2)5-6-9(10)11/h4-6,8H,1,7H2,2-3H3/t8-,10+/m1/s1. The van der Waals surface area contributed by atoms with Gasteiger partial charge in [-0.15, -0.1) is 6.58 Å². The van der Waals surface area contributed by atoms with Gasteiger partial charge in [-0.2, -0.15) is 0 Å². The number of carbonyl (C=O) groups excluding carboxylic acids is 1. The van der Waals surface area contributed by atoms with Crippen LogP contribution in [0.3, 0.4) is 0 Å². The molecule has 1 aliphatic carbocycles. The van der Waals surface area contributed by atoms with Gasteiger partial charge in [-0.1, -0.05) is 26.0 Å². The second-order valence-corrected chi connectivity index (χ2v) is 3.42. The van der Waals surface area contributed by atoms with E-state index in [4.69, 9.17) is 0 Å². The van der Waals surface area contributed by atoms with Crippen LogP contribution in [-0.4, -0.2) is 5.78 Å². The van der Waals surface area contributed by atoms with E-state index < -0.39 is 0 Å². The zero-order valence-electron chi connectivity index (χ0n) is 7.13. The molecule has 60 valence electrons. The minimum Gasteiger partial charge on any atom is -0.294 e. The predicted molar refractivity (Wildman–Crippen MR) is 46.2 cm³/mol. The van der Waals surface area contributed by atoms with Crippen molar-refractivity contribution in [2.75, 3.05) is 0 Å². The van der Waals surface area contributed by atoms with Crippen molar-refractivity contribution >= 4 is 5.78 Å². The summed E-state index contributed by atoms with van der Waals surface area (Å²) in [4.78, 5) is 11.4. The molecule has 0 heterocycles. The second-order valence-electron chi connectivity index (χ2n) is 3.42. The van der Waals surface area contributed by atoms with Crippen LogP contribution in [0.5, 0.6) is 0 Å². The van der Waals surface area contributed by atoms with E-state index in [2.05, 4.69) is 13.5 Å². The molecule has 1 rings (SSSR count). The van der Waals surface area contributed by atoms with Gasteiger partial charge in [-0.05, 0) is 18.4 Å².